The molecule has 0 fully saturated rings. The van der Waals surface area contributed by atoms with Crippen molar-refractivity contribution in [3.05, 3.63) is 83.9 Å². The van der Waals surface area contributed by atoms with E-state index in [1.807, 2.05) is 12.1 Å². The first-order valence-corrected chi connectivity index (χ1v) is 8.82. The molecule has 0 aliphatic heterocycles. The summed E-state index contributed by atoms with van der Waals surface area (Å²) in [7, 11) is 0. The Bertz CT molecular complexity index is 1070. The van der Waals surface area contributed by atoms with Crippen LogP contribution >= 0.6 is 0 Å². The lowest BCUT2D eigenvalue weighted by Crippen LogP contribution is -2.20. The molecule has 3 rings (SSSR count). The number of urea groups is 2. The Kier molecular flexibility index (Phi) is 6.24. The number of nitrogens with zero attached hydrogens (tertiary/aromatic N) is 2. The van der Waals surface area contributed by atoms with E-state index in [2.05, 4.69) is 21.3 Å². The SMILES string of the molecule is N#Cc1cccc(NC(=O)Nc2ccc(NC(=O)Nc3cccc(C#N)c3)cc2)c1. The Morgan fingerprint density at radius 1 is 0.567 bits per heavy atom. The predicted octanol–water partition coefficient (Wildman–Crippen LogP) is 4.72. The second-order valence-corrected chi connectivity index (χ2v) is 6.12. The summed E-state index contributed by atoms with van der Waals surface area (Å²) >= 11 is 0. The summed E-state index contributed by atoms with van der Waals surface area (Å²) in [6, 6.07) is 22.8. The monoisotopic (exact) mass is 396 g/mol. The largest absolute Gasteiger partial charge is 0.323 e. The summed E-state index contributed by atoms with van der Waals surface area (Å²) in [5.74, 6) is 0. The van der Waals surface area contributed by atoms with E-state index < -0.39 is 12.1 Å². The molecule has 4 amide bonds. The standard InChI is InChI=1S/C22H16N6O2/c23-13-15-3-1-5-19(11-15)27-21(29)25-17-7-9-18(10-8-17)26-22(30)28-20-6-2-4-16(12-20)14-24/h1-12H,(H2,25,27,29)(H2,26,28,30). The van der Waals surface area contributed by atoms with Crippen LogP contribution in [-0.2, 0) is 0 Å². The van der Waals surface area contributed by atoms with Gasteiger partial charge in [0.2, 0.25) is 0 Å². The van der Waals surface area contributed by atoms with Crippen molar-refractivity contribution >= 4 is 34.8 Å². The van der Waals surface area contributed by atoms with Crippen LogP contribution in [0.1, 0.15) is 11.1 Å². The highest BCUT2D eigenvalue weighted by atomic mass is 16.2. The number of nitriles is 2. The lowest BCUT2D eigenvalue weighted by molar-refractivity contribution is 0.261. The molecule has 0 atom stereocenters. The van der Waals surface area contributed by atoms with Gasteiger partial charge in [0.05, 0.1) is 23.3 Å². The molecule has 30 heavy (non-hydrogen) atoms. The molecule has 3 aromatic carbocycles. The molecule has 0 spiro atoms. The molecule has 4 N–H and O–H groups in total. The average Bonchev–Trinajstić information content (AvgIpc) is 2.75. The van der Waals surface area contributed by atoms with Gasteiger partial charge in [0, 0.05) is 22.7 Å². The van der Waals surface area contributed by atoms with Crippen molar-refractivity contribution in [1.82, 2.24) is 0 Å². The highest BCUT2D eigenvalue weighted by Gasteiger charge is 2.06. The van der Waals surface area contributed by atoms with Crippen LogP contribution in [-0.4, -0.2) is 12.1 Å². The third-order valence-electron chi connectivity index (χ3n) is 3.90. The fraction of sp³-hybridized carbons (Fsp3) is 0. The summed E-state index contributed by atoms with van der Waals surface area (Å²) in [5.41, 5.74) is 2.94. The van der Waals surface area contributed by atoms with Gasteiger partial charge in [-0.3, -0.25) is 0 Å². The van der Waals surface area contributed by atoms with Gasteiger partial charge in [-0.2, -0.15) is 10.5 Å². The summed E-state index contributed by atoms with van der Waals surface area (Å²) in [5, 5.41) is 28.4. The number of carbonyl (C=O) groups is 2. The van der Waals surface area contributed by atoms with Crippen LogP contribution in [0, 0.1) is 22.7 Å². The lowest BCUT2D eigenvalue weighted by Gasteiger charge is -2.10. The second-order valence-electron chi connectivity index (χ2n) is 6.12. The average molecular weight is 396 g/mol. The maximum absolute atomic E-state index is 12.1. The van der Waals surface area contributed by atoms with Crippen molar-refractivity contribution in [3.8, 4) is 12.1 Å². The Hall–Kier alpha value is -4.82. The normalized spacial score (nSPS) is 9.53. The third-order valence-corrected chi connectivity index (χ3v) is 3.90. The zero-order valence-electron chi connectivity index (χ0n) is 15.6. The van der Waals surface area contributed by atoms with Crippen LogP contribution in [0.5, 0.6) is 0 Å². The van der Waals surface area contributed by atoms with E-state index in [9.17, 15) is 9.59 Å². The lowest BCUT2D eigenvalue weighted by atomic mass is 10.2. The van der Waals surface area contributed by atoms with Crippen molar-refractivity contribution in [2.75, 3.05) is 21.3 Å². The number of benzene rings is 3. The van der Waals surface area contributed by atoms with Gasteiger partial charge in [-0.25, -0.2) is 9.59 Å². The van der Waals surface area contributed by atoms with Gasteiger partial charge in [0.15, 0.2) is 0 Å². The summed E-state index contributed by atoms with van der Waals surface area (Å²) < 4.78 is 0. The van der Waals surface area contributed by atoms with Crippen molar-refractivity contribution < 1.29 is 9.59 Å². The molecule has 8 nitrogen and oxygen atoms in total. The van der Waals surface area contributed by atoms with Crippen molar-refractivity contribution in [1.29, 1.82) is 10.5 Å². The molecule has 0 saturated heterocycles. The van der Waals surface area contributed by atoms with Gasteiger partial charge >= 0.3 is 12.1 Å². The second kappa shape index (κ2) is 9.40. The van der Waals surface area contributed by atoms with E-state index in [0.29, 0.717) is 33.9 Å². The van der Waals surface area contributed by atoms with E-state index in [4.69, 9.17) is 10.5 Å². The number of rotatable bonds is 4. The van der Waals surface area contributed by atoms with Crippen LogP contribution in [0.3, 0.4) is 0 Å². The first-order chi connectivity index (χ1) is 14.6. The molecule has 0 unspecified atom stereocenters. The highest BCUT2D eigenvalue weighted by Crippen LogP contribution is 2.16. The number of amides is 4. The third kappa shape index (κ3) is 5.59. The molecule has 0 radical (unpaired) electrons. The van der Waals surface area contributed by atoms with E-state index in [1.165, 1.54) is 0 Å². The maximum Gasteiger partial charge on any atom is 0.323 e. The number of anilines is 4. The molecule has 3 aromatic rings. The highest BCUT2D eigenvalue weighted by molar-refractivity contribution is 6.01. The van der Waals surface area contributed by atoms with Crippen molar-refractivity contribution in [3.63, 3.8) is 0 Å². The zero-order valence-corrected chi connectivity index (χ0v) is 15.6. The number of hydrogen-bond donors (Lipinski definition) is 4. The van der Waals surface area contributed by atoms with Gasteiger partial charge in [-0.15, -0.1) is 0 Å². The molecule has 146 valence electrons. The fourth-order valence-electron chi connectivity index (χ4n) is 2.56. The maximum atomic E-state index is 12.1. The fourth-order valence-corrected chi connectivity index (χ4v) is 2.56. The summed E-state index contributed by atoms with van der Waals surface area (Å²) in [6.07, 6.45) is 0. The molecule has 0 heterocycles. The van der Waals surface area contributed by atoms with Crippen molar-refractivity contribution in [2.24, 2.45) is 0 Å². The molecule has 0 aliphatic rings. The minimum Gasteiger partial charge on any atom is -0.308 e. The van der Waals surface area contributed by atoms with Crippen LogP contribution in [0.4, 0.5) is 32.3 Å². The minimum absolute atomic E-state index is 0.445. The number of carbonyl (C=O) groups excluding carboxylic acids is 2. The zero-order chi connectivity index (χ0) is 21.3. The molecule has 0 aromatic heterocycles. The van der Waals surface area contributed by atoms with Crippen molar-refractivity contribution in [2.45, 2.75) is 0 Å². The first-order valence-electron chi connectivity index (χ1n) is 8.82. The van der Waals surface area contributed by atoms with Gasteiger partial charge in [-0.1, -0.05) is 12.1 Å². The minimum atomic E-state index is -0.457. The Morgan fingerprint density at radius 3 is 1.30 bits per heavy atom. The predicted molar refractivity (Wildman–Crippen MR) is 114 cm³/mol. The van der Waals surface area contributed by atoms with E-state index in [-0.39, 0.29) is 0 Å². The van der Waals surface area contributed by atoms with Gasteiger partial charge in [0.1, 0.15) is 0 Å². The Balaban J connectivity index is 1.54. The quantitative estimate of drug-likeness (QED) is 0.508. The molecule has 8 heteroatoms. The van der Waals surface area contributed by atoms with E-state index in [0.717, 1.165) is 0 Å². The smallest absolute Gasteiger partial charge is 0.308 e. The summed E-state index contributed by atoms with van der Waals surface area (Å²) in [6.45, 7) is 0. The van der Waals surface area contributed by atoms with Gasteiger partial charge < -0.3 is 21.3 Å². The molecule has 0 bridgehead atoms. The number of nitrogens with one attached hydrogen (secondary N) is 4. The van der Waals surface area contributed by atoms with Crippen LogP contribution in [0.25, 0.3) is 0 Å². The van der Waals surface area contributed by atoms with Crippen LogP contribution in [0.15, 0.2) is 72.8 Å². The molecule has 0 aliphatic carbocycles. The van der Waals surface area contributed by atoms with Gasteiger partial charge in [0.25, 0.3) is 0 Å². The first kappa shape index (κ1) is 19.9. The van der Waals surface area contributed by atoms with E-state index >= 15 is 0 Å². The van der Waals surface area contributed by atoms with Crippen LogP contribution < -0.4 is 21.3 Å². The van der Waals surface area contributed by atoms with Gasteiger partial charge in [-0.05, 0) is 60.7 Å². The van der Waals surface area contributed by atoms with Crippen LogP contribution in [0.2, 0.25) is 0 Å². The van der Waals surface area contributed by atoms with E-state index in [1.54, 1.807) is 72.8 Å². The molecular formula is C22H16N6O2. The Morgan fingerprint density at radius 2 is 0.933 bits per heavy atom. The summed E-state index contributed by atoms with van der Waals surface area (Å²) in [4.78, 5) is 24.2. The Labute approximate surface area is 172 Å². The topological polar surface area (TPSA) is 130 Å². The molecule has 0 saturated carbocycles. The number of hydrogen-bond acceptors (Lipinski definition) is 4. The molecular weight excluding hydrogens is 380 g/mol.